The van der Waals surface area contributed by atoms with Crippen LogP contribution in [0.4, 0.5) is 5.69 Å². The Morgan fingerprint density at radius 3 is 2.65 bits per heavy atom. The number of aromatic nitrogens is 1. The van der Waals surface area contributed by atoms with Gasteiger partial charge in [0, 0.05) is 23.0 Å². The molecule has 0 atom stereocenters. The summed E-state index contributed by atoms with van der Waals surface area (Å²) in [6, 6.07) is 12.7. The largest absolute Gasteiger partial charge is 0.496 e. The van der Waals surface area contributed by atoms with Crippen LogP contribution in [0.15, 0.2) is 48.7 Å². The second-order valence-electron chi connectivity index (χ2n) is 4.50. The van der Waals surface area contributed by atoms with E-state index in [0.29, 0.717) is 22.6 Å². The van der Waals surface area contributed by atoms with Crippen molar-refractivity contribution < 1.29 is 9.53 Å². The third-order valence-corrected chi connectivity index (χ3v) is 3.34. The Labute approximate surface area is 116 Å². The number of nitrogens with two attached hydrogens (primary N) is 1. The Balaban J connectivity index is 2.20. The summed E-state index contributed by atoms with van der Waals surface area (Å²) >= 11 is 0. The minimum Gasteiger partial charge on any atom is -0.496 e. The number of hydrogen-bond acceptors (Lipinski definition) is 3. The quantitative estimate of drug-likeness (QED) is 0.565. The van der Waals surface area contributed by atoms with E-state index < -0.39 is 0 Å². The van der Waals surface area contributed by atoms with Crippen LogP contribution >= 0.6 is 0 Å². The molecule has 1 heterocycles. The number of methoxy groups -OCH3 is 1. The Bertz CT molecular complexity index is 790. The van der Waals surface area contributed by atoms with Crippen molar-refractivity contribution in [3.63, 3.8) is 0 Å². The lowest BCUT2D eigenvalue weighted by Gasteiger charge is -2.06. The maximum atomic E-state index is 12.7. The van der Waals surface area contributed by atoms with Crippen LogP contribution in [0, 0.1) is 0 Å². The molecule has 0 amide bonds. The topological polar surface area (TPSA) is 68.1 Å². The van der Waals surface area contributed by atoms with Gasteiger partial charge in [0.2, 0.25) is 0 Å². The van der Waals surface area contributed by atoms with Crippen molar-refractivity contribution in [3.8, 4) is 5.75 Å². The molecule has 1 aromatic heterocycles. The number of ether oxygens (including phenoxy) is 1. The van der Waals surface area contributed by atoms with Gasteiger partial charge in [-0.2, -0.15) is 0 Å². The van der Waals surface area contributed by atoms with Gasteiger partial charge in [0.25, 0.3) is 0 Å². The summed E-state index contributed by atoms with van der Waals surface area (Å²) in [6.45, 7) is 0. The molecule has 0 aliphatic rings. The van der Waals surface area contributed by atoms with Gasteiger partial charge in [-0.3, -0.25) is 4.79 Å². The van der Waals surface area contributed by atoms with E-state index in [-0.39, 0.29) is 5.78 Å². The molecule has 2 aromatic carbocycles. The lowest BCUT2D eigenvalue weighted by molar-refractivity contribution is 0.104. The van der Waals surface area contributed by atoms with Crippen molar-refractivity contribution in [2.45, 2.75) is 0 Å². The summed E-state index contributed by atoms with van der Waals surface area (Å²) in [4.78, 5) is 15.7. The second-order valence-corrected chi connectivity index (χ2v) is 4.50. The van der Waals surface area contributed by atoms with Crippen LogP contribution in [-0.4, -0.2) is 17.9 Å². The molecule has 0 radical (unpaired) electrons. The summed E-state index contributed by atoms with van der Waals surface area (Å²) in [6.07, 6.45) is 1.70. The first-order valence-corrected chi connectivity index (χ1v) is 6.25. The number of para-hydroxylation sites is 1. The van der Waals surface area contributed by atoms with Crippen molar-refractivity contribution in [1.82, 2.24) is 4.98 Å². The van der Waals surface area contributed by atoms with Gasteiger partial charge in [-0.05, 0) is 24.3 Å². The predicted molar refractivity (Wildman–Crippen MR) is 79.1 cm³/mol. The molecular weight excluding hydrogens is 252 g/mol. The van der Waals surface area contributed by atoms with E-state index in [1.54, 1.807) is 31.5 Å². The molecule has 4 nitrogen and oxygen atoms in total. The van der Waals surface area contributed by atoms with Crippen molar-refractivity contribution >= 4 is 22.4 Å². The summed E-state index contributed by atoms with van der Waals surface area (Å²) in [5.74, 6) is 0.556. The molecule has 0 aliphatic carbocycles. The van der Waals surface area contributed by atoms with E-state index in [1.165, 1.54) is 0 Å². The predicted octanol–water partition coefficient (Wildman–Crippen LogP) is 2.99. The fourth-order valence-corrected chi connectivity index (χ4v) is 2.35. The highest BCUT2D eigenvalue weighted by molar-refractivity contribution is 6.19. The van der Waals surface area contributed by atoms with Crippen molar-refractivity contribution in [2.24, 2.45) is 0 Å². The summed E-state index contributed by atoms with van der Waals surface area (Å²) in [7, 11) is 1.59. The molecular formula is C16H14N2O2. The molecule has 0 aliphatic heterocycles. The fourth-order valence-electron chi connectivity index (χ4n) is 2.35. The van der Waals surface area contributed by atoms with Gasteiger partial charge in [0.1, 0.15) is 5.75 Å². The number of aromatic amines is 1. The molecule has 20 heavy (non-hydrogen) atoms. The number of anilines is 1. The molecule has 0 fully saturated rings. The van der Waals surface area contributed by atoms with Crippen molar-refractivity contribution in [2.75, 3.05) is 12.8 Å². The van der Waals surface area contributed by atoms with Gasteiger partial charge in [-0.15, -0.1) is 0 Å². The summed E-state index contributed by atoms with van der Waals surface area (Å²) in [5.41, 5.74) is 8.28. The molecule has 3 N–H and O–H groups in total. The second kappa shape index (κ2) is 4.74. The SMILES string of the molecule is COc1cccc2[nH]cc(C(=O)c3ccccc3N)c12. The third-order valence-electron chi connectivity index (χ3n) is 3.34. The Morgan fingerprint density at radius 2 is 1.90 bits per heavy atom. The van der Waals surface area contributed by atoms with Gasteiger partial charge in [0.15, 0.2) is 5.78 Å². The van der Waals surface area contributed by atoms with E-state index >= 15 is 0 Å². The molecule has 4 heteroatoms. The number of benzene rings is 2. The van der Waals surface area contributed by atoms with Crippen LogP contribution in [0.2, 0.25) is 0 Å². The van der Waals surface area contributed by atoms with Gasteiger partial charge in [-0.1, -0.05) is 18.2 Å². The van der Waals surface area contributed by atoms with Crippen LogP contribution in [0.1, 0.15) is 15.9 Å². The highest BCUT2D eigenvalue weighted by Gasteiger charge is 2.18. The number of ketones is 1. The normalized spacial score (nSPS) is 10.7. The van der Waals surface area contributed by atoms with E-state index in [1.807, 2.05) is 24.3 Å². The van der Waals surface area contributed by atoms with Crippen LogP contribution in [0.3, 0.4) is 0 Å². The lowest BCUT2D eigenvalue weighted by Crippen LogP contribution is -2.04. The Hall–Kier alpha value is -2.75. The number of fused-ring (bicyclic) bond motifs is 1. The zero-order valence-corrected chi connectivity index (χ0v) is 11.0. The highest BCUT2D eigenvalue weighted by atomic mass is 16.5. The van der Waals surface area contributed by atoms with Crippen LogP contribution in [0.25, 0.3) is 10.9 Å². The van der Waals surface area contributed by atoms with E-state index in [2.05, 4.69) is 4.98 Å². The van der Waals surface area contributed by atoms with Crippen molar-refractivity contribution in [3.05, 3.63) is 59.8 Å². The number of nitrogens with one attached hydrogen (secondary N) is 1. The fraction of sp³-hybridized carbons (Fsp3) is 0.0625. The van der Waals surface area contributed by atoms with Gasteiger partial charge in [0.05, 0.1) is 18.1 Å². The number of carbonyl (C=O) groups is 1. The summed E-state index contributed by atoms with van der Waals surface area (Å²) in [5, 5.41) is 0.781. The van der Waals surface area contributed by atoms with Crippen LogP contribution in [-0.2, 0) is 0 Å². The average molecular weight is 266 g/mol. The van der Waals surface area contributed by atoms with E-state index in [9.17, 15) is 4.79 Å². The molecule has 3 aromatic rings. The van der Waals surface area contributed by atoms with E-state index in [4.69, 9.17) is 10.5 Å². The van der Waals surface area contributed by atoms with Crippen LogP contribution in [0.5, 0.6) is 5.75 Å². The average Bonchev–Trinajstić information content (AvgIpc) is 2.91. The molecule has 0 unspecified atom stereocenters. The molecule has 0 spiro atoms. The minimum absolute atomic E-state index is 0.112. The third kappa shape index (κ3) is 1.82. The number of carbonyl (C=O) groups excluding carboxylic acids is 1. The first kappa shape index (κ1) is 12.3. The van der Waals surface area contributed by atoms with Crippen LogP contribution < -0.4 is 10.5 Å². The minimum atomic E-state index is -0.112. The Kier molecular flexibility index (Phi) is 2.91. The van der Waals surface area contributed by atoms with Gasteiger partial charge in [-0.25, -0.2) is 0 Å². The summed E-state index contributed by atoms with van der Waals surface area (Å²) < 4.78 is 5.34. The number of H-pyrrole nitrogens is 1. The maximum absolute atomic E-state index is 12.7. The Morgan fingerprint density at radius 1 is 1.10 bits per heavy atom. The zero-order chi connectivity index (χ0) is 14.1. The van der Waals surface area contributed by atoms with Crippen molar-refractivity contribution in [1.29, 1.82) is 0 Å². The molecule has 0 saturated heterocycles. The number of rotatable bonds is 3. The first-order valence-electron chi connectivity index (χ1n) is 6.25. The van der Waals surface area contributed by atoms with Gasteiger partial charge >= 0.3 is 0 Å². The van der Waals surface area contributed by atoms with E-state index in [0.717, 1.165) is 10.9 Å². The lowest BCUT2D eigenvalue weighted by atomic mass is 10.0. The monoisotopic (exact) mass is 266 g/mol. The zero-order valence-electron chi connectivity index (χ0n) is 11.0. The molecule has 3 rings (SSSR count). The highest BCUT2D eigenvalue weighted by Crippen LogP contribution is 2.30. The molecule has 100 valence electrons. The molecule has 0 saturated carbocycles. The maximum Gasteiger partial charge on any atom is 0.197 e. The standard InChI is InChI=1S/C16H14N2O2/c1-20-14-8-4-7-13-15(14)11(9-18-13)16(19)10-5-2-3-6-12(10)17/h2-9,18H,17H2,1H3. The number of hydrogen-bond donors (Lipinski definition) is 2. The smallest absolute Gasteiger partial charge is 0.197 e. The first-order chi connectivity index (χ1) is 9.72. The number of nitrogen functional groups attached to an aromatic ring is 1. The van der Waals surface area contributed by atoms with Gasteiger partial charge < -0.3 is 15.5 Å². The molecule has 0 bridgehead atoms.